The number of methoxy groups -OCH3 is 1. The highest BCUT2D eigenvalue weighted by Gasteiger charge is 2.15. The van der Waals surface area contributed by atoms with Gasteiger partial charge in [0.05, 0.1) is 6.61 Å². The standard InChI is InChI=1S/C9H20N2O/c1-11(6-7-12-2)8-9-4-3-5-10-9/h9-10H,3-8H2,1-2H3/t9-/m1/s1. The van der Waals surface area contributed by atoms with Crippen molar-refractivity contribution in [1.82, 2.24) is 10.2 Å². The van der Waals surface area contributed by atoms with Crippen LogP contribution < -0.4 is 5.32 Å². The predicted octanol–water partition coefficient (Wildman–Crippen LogP) is 0.317. The van der Waals surface area contributed by atoms with Crippen molar-refractivity contribution in [2.45, 2.75) is 18.9 Å². The third kappa shape index (κ3) is 3.52. The molecule has 0 aromatic rings. The zero-order valence-corrected chi connectivity index (χ0v) is 8.18. The quantitative estimate of drug-likeness (QED) is 0.646. The Labute approximate surface area is 75.1 Å². The lowest BCUT2D eigenvalue weighted by atomic mass is 10.2. The third-order valence-electron chi connectivity index (χ3n) is 2.37. The van der Waals surface area contributed by atoms with Crippen LogP contribution in [0.25, 0.3) is 0 Å². The van der Waals surface area contributed by atoms with E-state index in [9.17, 15) is 0 Å². The molecule has 0 spiro atoms. The second kappa shape index (κ2) is 5.51. The van der Waals surface area contributed by atoms with Gasteiger partial charge in [0.25, 0.3) is 0 Å². The summed E-state index contributed by atoms with van der Waals surface area (Å²) in [6, 6.07) is 0.715. The number of ether oxygens (including phenoxy) is 1. The molecule has 1 rings (SSSR count). The lowest BCUT2D eigenvalue weighted by Crippen LogP contribution is -2.36. The SMILES string of the molecule is COCCN(C)C[C@H]1CCCN1. The first-order valence-corrected chi connectivity index (χ1v) is 4.74. The molecule has 0 aromatic carbocycles. The number of likely N-dealkylation sites (N-methyl/N-ethyl adjacent to an activating group) is 1. The van der Waals surface area contributed by atoms with Crippen molar-refractivity contribution < 1.29 is 4.74 Å². The van der Waals surface area contributed by atoms with E-state index < -0.39 is 0 Å². The molecule has 0 unspecified atom stereocenters. The summed E-state index contributed by atoms with van der Waals surface area (Å²) in [6.45, 7) is 4.23. The molecule has 12 heavy (non-hydrogen) atoms. The molecule has 72 valence electrons. The summed E-state index contributed by atoms with van der Waals surface area (Å²) in [4.78, 5) is 2.33. The normalized spacial score (nSPS) is 23.8. The van der Waals surface area contributed by atoms with Gasteiger partial charge in [-0.25, -0.2) is 0 Å². The van der Waals surface area contributed by atoms with E-state index in [-0.39, 0.29) is 0 Å². The molecule has 0 radical (unpaired) electrons. The topological polar surface area (TPSA) is 24.5 Å². The maximum absolute atomic E-state index is 5.01. The largest absolute Gasteiger partial charge is 0.383 e. The summed E-state index contributed by atoms with van der Waals surface area (Å²) < 4.78 is 5.01. The van der Waals surface area contributed by atoms with Gasteiger partial charge >= 0.3 is 0 Å². The van der Waals surface area contributed by atoms with Crippen LogP contribution in [-0.2, 0) is 4.74 Å². The zero-order chi connectivity index (χ0) is 8.81. The van der Waals surface area contributed by atoms with Gasteiger partial charge in [-0.1, -0.05) is 0 Å². The molecule has 1 fully saturated rings. The van der Waals surface area contributed by atoms with E-state index in [0.717, 1.165) is 19.7 Å². The van der Waals surface area contributed by atoms with E-state index in [0.29, 0.717) is 6.04 Å². The molecular weight excluding hydrogens is 152 g/mol. The van der Waals surface area contributed by atoms with Gasteiger partial charge < -0.3 is 15.0 Å². The molecule has 0 aromatic heterocycles. The Morgan fingerprint density at radius 1 is 1.58 bits per heavy atom. The summed E-state index contributed by atoms with van der Waals surface area (Å²) in [5.74, 6) is 0. The van der Waals surface area contributed by atoms with Gasteiger partial charge in [0.2, 0.25) is 0 Å². The third-order valence-corrected chi connectivity index (χ3v) is 2.37. The summed E-state index contributed by atoms with van der Waals surface area (Å²) in [5.41, 5.74) is 0. The van der Waals surface area contributed by atoms with Crippen LogP contribution in [0, 0.1) is 0 Å². The van der Waals surface area contributed by atoms with Gasteiger partial charge in [-0.2, -0.15) is 0 Å². The molecule has 3 heteroatoms. The summed E-state index contributed by atoms with van der Waals surface area (Å²) in [7, 11) is 3.90. The fourth-order valence-electron chi connectivity index (χ4n) is 1.63. The molecule has 3 nitrogen and oxygen atoms in total. The first-order valence-electron chi connectivity index (χ1n) is 4.74. The minimum Gasteiger partial charge on any atom is -0.383 e. The van der Waals surface area contributed by atoms with Crippen LogP contribution in [0.5, 0.6) is 0 Å². The Balaban J connectivity index is 2.03. The Morgan fingerprint density at radius 2 is 2.42 bits per heavy atom. The van der Waals surface area contributed by atoms with E-state index >= 15 is 0 Å². The van der Waals surface area contributed by atoms with E-state index in [1.165, 1.54) is 19.4 Å². The summed E-state index contributed by atoms with van der Waals surface area (Å²) in [6.07, 6.45) is 2.67. The molecule has 0 amide bonds. The van der Waals surface area contributed by atoms with Crippen LogP contribution in [0.3, 0.4) is 0 Å². The average molecular weight is 172 g/mol. The molecule has 1 aliphatic heterocycles. The van der Waals surface area contributed by atoms with Crippen molar-refractivity contribution in [2.24, 2.45) is 0 Å². The van der Waals surface area contributed by atoms with Gasteiger partial charge in [-0.15, -0.1) is 0 Å². The lowest BCUT2D eigenvalue weighted by Gasteiger charge is -2.20. The molecule has 1 atom stereocenters. The monoisotopic (exact) mass is 172 g/mol. The summed E-state index contributed by atoms with van der Waals surface area (Å²) >= 11 is 0. The summed E-state index contributed by atoms with van der Waals surface area (Å²) in [5, 5.41) is 3.48. The van der Waals surface area contributed by atoms with Crippen molar-refractivity contribution in [2.75, 3.05) is 40.4 Å². The first kappa shape index (κ1) is 9.96. The minimum absolute atomic E-state index is 0.715. The predicted molar refractivity (Wildman–Crippen MR) is 50.4 cm³/mol. The lowest BCUT2D eigenvalue weighted by molar-refractivity contribution is 0.157. The maximum atomic E-state index is 5.01. The highest BCUT2D eigenvalue weighted by atomic mass is 16.5. The van der Waals surface area contributed by atoms with Crippen LogP contribution in [0.2, 0.25) is 0 Å². The fraction of sp³-hybridized carbons (Fsp3) is 1.00. The number of nitrogens with zero attached hydrogens (tertiary/aromatic N) is 1. The molecule has 1 heterocycles. The van der Waals surface area contributed by atoms with Crippen molar-refractivity contribution >= 4 is 0 Å². The molecule has 1 saturated heterocycles. The van der Waals surface area contributed by atoms with Gasteiger partial charge in [0, 0.05) is 26.2 Å². The van der Waals surface area contributed by atoms with Gasteiger partial charge in [0.1, 0.15) is 0 Å². The Morgan fingerprint density at radius 3 is 3.00 bits per heavy atom. The molecule has 0 saturated carbocycles. The minimum atomic E-state index is 0.715. The van der Waals surface area contributed by atoms with Crippen molar-refractivity contribution in [3.63, 3.8) is 0 Å². The second-order valence-electron chi connectivity index (χ2n) is 3.55. The van der Waals surface area contributed by atoms with E-state index in [4.69, 9.17) is 4.74 Å². The Bertz CT molecular complexity index is 113. The van der Waals surface area contributed by atoms with Crippen LogP contribution >= 0.6 is 0 Å². The Kier molecular flexibility index (Phi) is 4.58. The van der Waals surface area contributed by atoms with Crippen molar-refractivity contribution in [3.05, 3.63) is 0 Å². The maximum Gasteiger partial charge on any atom is 0.0589 e. The number of hydrogen-bond acceptors (Lipinski definition) is 3. The fourth-order valence-corrected chi connectivity index (χ4v) is 1.63. The zero-order valence-electron chi connectivity index (χ0n) is 8.18. The molecule has 1 aliphatic rings. The smallest absolute Gasteiger partial charge is 0.0589 e. The van der Waals surface area contributed by atoms with Crippen LogP contribution in [0.1, 0.15) is 12.8 Å². The van der Waals surface area contributed by atoms with Crippen LogP contribution in [0.4, 0.5) is 0 Å². The molecule has 0 aliphatic carbocycles. The van der Waals surface area contributed by atoms with Crippen LogP contribution in [0.15, 0.2) is 0 Å². The number of rotatable bonds is 5. The van der Waals surface area contributed by atoms with Gasteiger partial charge in [-0.05, 0) is 26.4 Å². The Hall–Kier alpha value is -0.120. The average Bonchev–Trinajstić information content (AvgIpc) is 2.53. The van der Waals surface area contributed by atoms with Gasteiger partial charge in [0.15, 0.2) is 0 Å². The second-order valence-corrected chi connectivity index (χ2v) is 3.55. The van der Waals surface area contributed by atoms with Gasteiger partial charge in [-0.3, -0.25) is 0 Å². The van der Waals surface area contributed by atoms with Crippen LogP contribution in [-0.4, -0.2) is 51.3 Å². The van der Waals surface area contributed by atoms with E-state index in [1.807, 2.05) is 0 Å². The highest BCUT2D eigenvalue weighted by molar-refractivity contribution is 4.76. The highest BCUT2D eigenvalue weighted by Crippen LogP contribution is 2.05. The number of nitrogens with one attached hydrogen (secondary N) is 1. The van der Waals surface area contributed by atoms with Crippen molar-refractivity contribution in [1.29, 1.82) is 0 Å². The van der Waals surface area contributed by atoms with E-state index in [1.54, 1.807) is 7.11 Å². The number of hydrogen-bond donors (Lipinski definition) is 1. The molecule has 0 bridgehead atoms. The molecular formula is C9H20N2O. The first-order chi connectivity index (χ1) is 5.83. The molecule has 1 N–H and O–H groups in total. The van der Waals surface area contributed by atoms with E-state index in [2.05, 4.69) is 17.3 Å². The van der Waals surface area contributed by atoms with Crippen molar-refractivity contribution in [3.8, 4) is 0 Å².